The van der Waals surface area contributed by atoms with Crippen LogP contribution in [0.3, 0.4) is 0 Å². The summed E-state index contributed by atoms with van der Waals surface area (Å²) in [5, 5.41) is 4.32. The minimum absolute atomic E-state index is 0.526. The van der Waals surface area contributed by atoms with E-state index in [4.69, 9.17) is 11.6 Å². The highest BCUT2D eigenvalue weighted by Gasteiger charge is 2.31. The minimum Gasteiger partial charge on any atom is -0.381 e. The topological polar surface area (TPSA) is 12.0 Å². The fraction of sp³-hybridized carbons (Fsp3) is 0.294. The van der Waals surface area contributed by atoms with E-state index in [0.29, 0.717) is 12.0 Å². The largest absolute Gasteiger partial charge is 0.381 e. The lowest BCUT2D eigenvalue weighted by molar-refractivity contribution is 0.373. The zero-order valence-corrected chi connectivity index (χ0v) is 13.7. The normalized spacial score (nSPS) is 21.4. The Balaban J connectivity index is 1.62. The van der Waals surface area contributed by atoms with Gasteiger partial charge in [0.2, 0.25) is 0 Å². The molecule has 104 valence electrons. The molecule has 1 fully saturated rings. The van der Waals surface area contributed by atoms with E-state index in [0.717, 1.165) is 15.2 Å². The second-order valence-corrected chi connectivity index (χ2v) is 6.81. The molecule has 0 saturated heterocycles. The van der Waals surface area contributed by atoms with Gasteiger partial charge >= 0.3 is 0 Å². The average molecular weight is 351 g/mol. The summed E-state index contributed by atoms with van der Waals surface area (Å²) >= 11 is 9.67. The van der Waals surface area contributed by atoms with Gasteiger partial charge in [-0.25, -0.2) is 0 Å². The van der Waals surface area contributed by atoms with Gasteiger partial charge in [-0.3, -0.25) is 0 Å². The van der Waals surface area contributed by atoms with Gasteiger partial charge in [-0.05, 0) is 55.0 Å². The van der Waals surface area contributed by atoms with E-state index in [1.807, 2.05) is 18.2 Å². The van der Waals surface area contributed by atoms with Crippen molar-refractivity contribution in [2.24, 2.45) is 0 Å². The Bertz CT molecular complexity index is 620. The number of hydrogen-bond donors (Lipinski definition) is 1. The van der Waals surface area contributed by atoms with Crippen molar-refractivity contribution in [3.63, 3.8) is 0 Å². The van der Waals surface area contributed by atoms with Gasteiger partial charge in [-0.15, -0.1) is 0 Å². The lowest BCUT2D eigenvalue weighted by atomic mass is 9.74. The van der Waals surface area contributed by atoms with Crippen LogP contribution in [0, 0.1) is 6.92 Å². The Kier molecular flexibility index (Phi) is 4.04. The number of aryl methyl sites for hydroxylation is 1. The van der Waals surface area contributed by atoms with Gasteiger partial charge < -0.3 is 5.32 Å². The van der Waals surface area contributed by atoms with Crippen molar-refractivity contribution < 1.29 is 0 Å². The van der Waals surface area contributed by atoms with Gasteiger partial charge in [0.05, 0.1) is 10.7 Å². The number of halogens is 2. The summed E-state index contributed by atoms with van der Waals surface area (Å²) in [5.74, 6) is 0.683. The highest BCUT2D eigenvalue weighted by atomic mass is 79.9. The first-order valence-electron chi connectivity index (χ1n) is 6.90. The maximum absolute atomic E-state index is 6.24. The number of hydrogen-bond acceptors (Lipinski definition) is 1. The fourth-order valence-electron chi connectivity index (χ4n) is 2.86. The summed E-state index contributed by atoms with van der Waals surface area (Å²) in [7, 11) is 0. The third-order valence-electron chi connectivity index (χ3n) is 4.06. The lowest BCUT2D eigenvalue weighted by Gasteiger charge is -2.37. The summed E-state index contributed by atoms with van der Waals surface area (Å²) in [4.78, 5) is 0. The third-order valence-corrected chi connectivity index (χ3v) is 4.86. The molecule has 0 atom stereocenters. The zero-order chi connectivity index (χ0) is 14.1. The van der Waals surface area contributed by atoms with Gasteiger partial charge in [0.25, 0.3) is 0 Å². The SMILES string of the molecule is Cc1ccccc1C1CC(Nc2ccc(Br)cc2Cl)C1. The van der Waals surface area contributed by atoms with Crippen LogP contribution in [0.2, 0.25) is 5.02 Å². The molecule has 0 aliphatic heterocycles. The van der Waals surface area contributed by atoms with Gasteiger partial charge in [0.15, 0.2) is 0 Å². The molecule has 0 heterocycles. The molecule has 1 aliphatic rings. The van der Waals surface area contributed by atoms with Crippen LogP contribution in [-0.4, -0.2) is 6.04 Å². The van der Waals surface area contributed by atoms with Crippen LogP contribution in [-0.2, 0) is 0 Å². The minimum atomic E-state index is 0.526. The highest BCUT2D eigenvalue weighted by molar-refractivity contribution is 9.10. The molecule has 3 rings (SSSR count). The Labute approximate surface area is 133 Å². The standard InChI is InChI=1S/C17H17BrClN/c1-11-4-2-3-5-15(11)12-8-14(9-12)20-17-7-6-13(18)10-16(17)19/h2-7,10,12,14,20H,8-9H2,1H3. The number of benzene rings is 2. The van der Waals surface area contributed by atoms with Crippen LogP contribution in [0.1, 0.15) is 29.9 Å². The average Bonchev–Trinajstić information content (AvgIpc) is 2.37. The van der Waals surface area contributed by atoms with E-state index in [2.05, 4.69) is 52.4 Å². The first kappa shape index (κ1) is 14.0. The third kappa shape index (κ3) is 2.87. The van der Waals surface area contributed by atoms with Crippen LogP contribution >= 0.6 is 27.5 Å². The molecule has 2 aromatic rings. The Morgan fingerprint density at radius 3 is 2.60 bits per heavy atom. The van der Waals surface area contributed by atoms with E-state index in [1.54, 1.807) is 0 Å². The van der Waals surface area contributed by atoms with Crippen molar-refractivity contribution in [2.45, 2.75) is 31.7 Å². The van der Waals surface area contributed by atoms with Gasteiger partial charge in [0.1, 0.15) is 0 Å². The predicted octanol–water partition coefficient (Wildman–Crippen LogP) is 5.77. The Hall–Kier alpha value is -0.990. The van der Waals surface area contributed by atoms with Crippen LogP contribution in [0.5, 0.6) is 0 Å². The monoisotopic (exact) mass is 349 g/mol. The Morgan fingerprint density at radius 2 is 1.90 bits per heavy atom. The maximum Gasteiger partial charge on any atom is 0.0648 e. The molecule has 1 saturated carbocycles. The van der Waals surface area contributed by atoms with Crippen molar-refractivity contribution in [1.82, 2.24) is 0 Å². The smallest absolute Gasteiger partial charge is 0.0648 e. The molecular weight excluding hydrogens is 334 g/mol. The number of nitrogens with one attached hydrogen (secondary N) is 1. The van der Waals surface area contributed by atoms with Gasteiger partial charge in [0, 0.05) is 10.5 Å². The van der Waals surface area contributed by atoms with Crippen molar-refractivity contribution in [1.29, 1.82) is 0 Å². The summed E-state index contributed by atoms with van der Waals surface area (Å²) in [6.07, 6.45) is 2.36. The molecule has 1 N–H and O–H groups in total. The van der Waals surface area contributed by atoms with Crippen LogP contribution in [0.4, 0.5) is 5.69 Å². The second-order valence-electron chi connectivity index (χ2n) is 5.49. The van der Waals surface area contributed by atoms with E-state index in [9.17, 15) is 0 Å². The molecule has 0 spiro atoms. The summed E-state index contributed by atoms with van der Waals surface area (Å²) in [5.41, 5.74) is 3.92. The van der Waals surface area contributed by atoms with Crippen LogP contribution in [0.15, 0.2) is 46.9 Å². The lowest BCUT2D eigenvalue weighted by Crippen LogP contribution is -2.34. The van der Waals surface area contributed by atoms with Crippen molar-refractivity contribution in [3.05, 3.63) is 63.1 Å². The molecule has 0 bridgehead atoms. The van der Waals surface area contributed by atoms with E-state index in [1.165, 1.54) is 24.0 Å². The number of rotatable bonds is 3. The maximum atomic E-state index is 6.24. The molecule has 1 nitrogen and oxygen atoms in total. The molecule has 2 aromatic carbocycles. The molecule has 3 heteroatoms. The molecule has 0 radical (unpaired) electrons. The van der Waals surface area contributed by atoms with Crippen molar-refractivity contribution >= 4 is 33.2 Å². The molecule has 0 unspecified atom stereocenters. The molecule has 20 heavy (non-hydrogen) atoms. The van der Waals surface area contributed by atoms with Crippen LogP contribution in [0.25, 0.3) is 0 Å². The van der Waals surface area contributed by atoms with E-state index >= 15 is 0 Å². The summed E-state index contributed by atoms with van der Waals surface area (Å²) in [6.45, 7) is 2.20. The molecular formula is C17H17BrClN. The summed E-state index contributed by atoms with van der Waals surface area (Å²) < 4.78 is 1.01. The fourth-order valence-corrected chi connectivity index (χ4v) is 3.59. The van der Waals surface area contributed by atoms with E-state index in [-0.39, 0.29) is 0 Å². The second kappa shape index (κ2) is 5.79. The first-order valence-corrected chi connectivity index (χ1v) is 8.07. The Morgan fingerprint density at radius 1 is 1.15 bits per heavy atom. The molecule has 0 amide bonds. The highest BCUT2D eigenvalue weighted by Crippen LogP contribution is 2.40. The molecule has 0 aromatic heterocycles. The summed E-state index contributed by atoms with van der Waals surface area (Å²) in [6, 6.07) is 15.2. The van der Waals surface area contributed by atoms with Crippen LogP contribution < -0.4 is 5.32 Å². The first-order chi connectivity index (χ1) is 9.63. The quantitative estimate of drug-likeness (QED) is 0.741. The van der Waals surface area contributed by atoms with E-state index < -0.39 is 0 Å². The van der Waals surface area contributed by atoms with Crippen molar-refractivity contribution in [3.8, 4) is 0 Å². The predicted molar refractivity (Wildman–Crippen MR) is 89.7 cm³/mol. The van der Waals surface area contributed by atoms with Crippen molar-refractivity contribution in [2.75, 3.05) is 5.32 Å². The number of anilines is 1. The molecule has 1 aliphatic carbocycles. The van der Waals surface area contributed by atoms with Gasteiger partial charge in [-0.1, -0.05) is 51.8 Å². The van der Waals surface area contributed by atoms with Gasteiger partial charge in [-0.2, -0.15) is 0 Å². The zero-order valence-electron chi connectivity index (χ0n) is 11.4.